The molecule has 1 rings (SSSR count). The molecule has 2 N–H and O–H groups in total. The van der Waals surface area contributed by atoms with Gasteiger partial charge in [0.15, 0.2) is 0 Å². The van der Waals surface area contributed by atoms with Crippen molar-refractivity contribution in [2.45, 2.75) is 65.2 Å². The van der Waals surface area contributed by atoms with Crippen molar-refractivity contribution in [3.63, 3.8) is 0 Å². The van der Waals surface area contributed by atoms with Crippen LogP contribution in [0, 0.1) is 11.8 Å². The summed E-state index contributed by atoms with van der Waals surface area (Å²) in [5.74, 6) is 0.190. The lowest BCUT2D eigenvalue weighted by molar-refractivity contribution is -0.126. The summed E-state index contributed by atoms with van der Waals surface area (Å²) < 4.78 is 0. The molecule has 0 aromatic carbocycles. The maximum Gasteiger partial charge on any atom is 0.345 e. The Balaban J connectivity index is 2.32. The predicted molar refractivity (Wildman–Crippen MR) is 77.9 cm³/mol. The standard InChI is InChI=1S/C15H28N2O3/c1-3-5-11-20-17-15(19)16-14(18)13(4-2)12-9-7-6-8-10-12/h12-13H,3-11H2,1-2H3,(H2,16,17,18,19). The van der Waals surface area contributed by atoms with Gasteiger partial charge in [0.2, 0.25) is 5.91 Å². The molecule has 1 aliphatic rings. The fraction of sp³-hybridized carbons (Fsp3) is 0.867. The van der Waals surface area contributed by atoms with Crippen LogP contribution in [-0.2, 0) is 9.63 Å². The first-order valence-electron chi connectivity index (χ1n) is 7.91. The van der Waals surface area contributed by atoms with Crippen LogP contribution in [0.5, 0.6) is 0 Å². The van der Waals surface area contributed by atoms with Gasteiger partial charge in [-0.05, 0) is 31.6 Å². The molecule has 3 amide bonds. The first-order valence-corrected chi connectivity index (χ1v) is 7.91. The van der Waals surface area contributed by atoms with Crippen molar-refractivity contribution in [1.29, 1.82) is 0 Å². The van der Waals surface area contributed by atoms with E-state index in [9.17, 15) is 9.59 Å². The van der Waals surface area contributed by atoms with Crippen molar-refractivity contribution in [3.8, 4) is 0 Å². The number of nitrogens with one attached hydrogen (secondary N) is 2. The van der Waals surface area contributed by atoms with Crippen LogP contribution in [0.3, 0.4) is 0 Å². The monoisotopic (exact) mass is 284 g/mol. The summed E-state index contributed by atoms with van der Waals surface area (Å²) in [6.07, 6.45) is 8.51. The number of urea groups is 1. The minimum absolute atomic E-state index is 0.0586. The van der Waals surface area contributed by atoms with Crippen LogP contribution < -0.4 is 10.8 Å². The molecular weight excluding hydrogens is 256 g/mol. The largest absolute Gasteiger partial charge is 0.345 e. The summed E-state index contributed by atoms with van der Waals surface area (Å²) in [6, 6.07) is -0.555. The minimum atomic E-state index is -0.555. The number of amides is 3. The van der Waals surface area contributed by atoms with E-state index in [1.165, 1.54) is 19.3 Å². The number of hydroxylamine groups is 1. The van der Waals surface area contributed by atoms with Crippen molar-refractivity contribution in [2.75, 3.05) is 6.61 Å². The number of imide groups is 1. The quantitative estimate of drug-likeness (QED) is 0.557. The van der Waals surface area contributed by atoms with Gasteiger partial charge in [-0.2, -0.15) is 0 Å². The minimum Gasteiger partial charge on any atom is -0.276 e. The summed E-state index contributed by atoms with van der Waals surface area (Å²) in [6.45, 7) is 4.52. The second kappa shape index (κ2) is 9.75. The SMILES string of the molecule is CCCCONC(=O)NC(=O)C(CC)C1CCCCC1. The zero-order valence-corrected chi connectivity index (χ0v) is 12.7. The van der Waals surface area contributed by atoms with E-state index in [0.29, 0.717) is 12.5 Å². The molecule has 0 heterocycles. The highest BCUT2D eigenvalue weighted by molar-refractivity contribution is 5.95. The van der Waals surface area contributed by atoms with Gasteiger partial charge in [0.05, 0.1) is 6.61 Å². The topological polar surface area (TPSA) is 67.4 Å². The molecule has 116 valence electrons. The van der Waals surface area contributed by atoms with Crippen molar-refractivity contribution in [3.05, 3.63) is 0 Å². The van der Waals surface area contributed by atoms with Crippen LogP contribution in [0.25, 0.3) is 0 Å². The van der Waals surface area contributed by atoms with Gasteiger partial charge in [0, 0.05) is 5.92 Å². The fourth-order valence-corrected chi connectivity index (χ4v) is 2.83. The summed E-state index contributed by atoms with van der Waals surface area (Å²) >= 11 is 0. The summed E-state index contributed by atoms with van der Waals surface area (Å²) in [4.78, 5) is 28.7. The Morgan fingerprint density at radius 3 is 2.50 bits per heavy atom. The number of unbranched alkanes of at least 4 members (excludes halogenated alkanes) is 1. The summed E-state index contributed by atoms with van der Waals surface area (Å²) in [5, 5.41) is 2.39. The van der Waals surface area contributed by atoms with Crippen molar-refractivity contribution in [1.82, 2.24) is 10.8 Å². The Labute approximate surface area is 121 Å². The number of rotatable bonds is 7. The highest BCUT2D eigenvalue weighted by atomic mass is 16.7. The Morgan fingerprint density at radius 2 is 1.90 bits per heavy atom. The number of carbonyl (C=O) groups is 2. The molecule has 0 radical (unpaired) electrons. The van der Waals surface area contributed by atoms with Gasteiger partial charge in [-0.3, -0.25) is 14.9 Å². The second-order valence-electron chi connectivity index (χ2n) is 5.54. The Kier molecular flexibility index (Phi) is 8.26. The van der Waals surface area contributed by atoms with Gasteiger partial charge < -0.3 is 0 Å². The van der Waals surface area contributed by atoms with Gasteiger partial charge in [-0.1, -0.05) is 39.5 Å². The third kappa shape index (κ3) is 5.90. The van der Waals surface area contributed by atoms with E-state index in [-0.39, 0.29) is 11.8 Å². The van der Waals surface area contributed by atoms with E-state index >= 15 is 0 Å². The van der Waals surface area contributed by atoms with Crippen molar-refractivity contribution in [2.24, 2.45) is 11.8 Å². The van der Waals surface area contributed by atoms with Crippen molar-refractivity contribution >= 4 is 11.9 Å². The molecule has 0 aromatic heterocycles. The molecule has 1 atom stereocenters. The maximum absolute atomic E-state index is 12.1. The molecule has 0 aliphatic heterocycles. The lowest BCUT2D eigenvalue weighted by atomic mass is 9.78. The molecule has 0 bridgehead atoms. The third-order valence-corrected chi connectivity index (χ3v) is 4.00. The molecule has 5 nitrogen and oxygen atoms in total. The van der Waals surface area contributed by atoms with E-state index in [2.05, 4.69) is 10.8 Å². The zero-order chi connectivity index (χ0) is 14.8. The first-order chi connectivity index (χ1) is 9.69. The van der Waals surface area contributed by atoms with Crippen LogP contribution in [-0.4, -0.2) is 18.5 Å². The molecule has 0 spiro atoms. The number of hydrogen-bond donors (Lipinski definition) is 2. The van der Waals surface area contributed by atoms with Crippen LogP contribution in [0.15, 0.2) is 0 Å². The average Bonchev–Trinajstić information content (AvgIpc) is 2.45. The van der Waals surface area contributed by atoms with E-state index in [1.807, 2.05) is 13.8 Å². The molecular formula is C15H28N2O3. The molecule has 1 unspecified atom stereocenters. The van der Waals surface area contributed by atoms with E-state index in [4.69, 9.17) is 4.84 Å². The zero-order valence-electron chi connectivity index (χ0n) is 12.7. The molecule has 0 aromatic rings. The highest BCUT2D eigenvalue weighted by Gasteiger charge is 2.28. The van der Waals surface area contributed by atoms with Crippen LogP contribution >= 0.6 is 0 Å². The Morgan fingerprint density at radius 1 is 1.20 bits per heavy atom. The Hall–Kier alpha value is -1.10. The highest BCUT2D eigenvalue weighted by Crippen LogP contribution is 2.31. The van der Waals surface area contributed by atoms with E-state index < -0.39 is 6.03 Å². The maximum atomic E-state index is 12.1. The summed E-state index contributed by atoms with van der Waals surface area (Å²) in [7, 11) is 0. The lowest BCUT2D eigenvalue weighted by Crippen LogP contribution is -2.44. The average molecular weight is 284 g/mol. The molecule has 0 saturated heterocycles. The first kappa shape index (κ1) is 17.0. The second-order valence-corrected chi connectivity index (χ2v) is 5.54. The number of hydrogen-bond acceptors (Lipinski definition) is 3. The fourth-order valence-electron chi connectivity index (χ4n) is 2.83. The van der Waals surface area contributed by atoms with Gasteiger partial charge in [-0.25, -0.2) is 10.3 Å². The normalized spacial score (nSPS) is 17.5. The van der Waals surface area contributed by atoms with Crippen LogP contribution in [0.2, 0.25) is 0 Å². The number of carbonyl (C=O) groups excluding carboxylic acids is 2. The van der Waals surface area contributed by atoms with Crippen molar-refractivity contribution < 1.29 is 14.4 Å². The predicted octanol–water partition coefficient (Wildman–Crippen LogP) is 3.15. The lowest BCUT2D eigenvalue weighted by Gasteiger charge is -2.28. The van der Waals surface area contributed by atoms with Gasteiger partial charge in [0.25, 0.3) is 0 Å². The van der Waals surface area contributed by atoms with Gasteiger partial charge in [-0.15, -0.1) is 0 Å². The smallest absolute Gasteiger partial charge is 0.276 e. The molecule has 5 heteroatoms. The van der Waals surface area contributed by atoms with E-state index in [1.54, 1.807) is 0 Å². The third-order valence-electron chi connectivity index (χ3n) is 4.00. The summed E-state index contributed by atoms with van der Waals surface area (Å²) in [5.41, 5.74) is 2.26. The molecule has 20 heavy (non-hydrogen) atoms. The van der Waals surface area contributed by atoms with Crippen LogP contribution in [0.4, 0.5) is 4.79 Å². The molecule has 1 aliphatic carbocycles. The molecule has 1 fully saturated rings. The molecule has 1 saturated carbocycles. The van der Waals surface area contributed by atoms with Gasteiger partial charge in [0.1, 0.15) is 0 Å². The van der Waals surface area contributed by atoms with E-state index in [0.717, 1.165) is 32.1 Å². The van der Waals surface area contributed by atoms with Crippen LogP contribution in [0.1, 0.15) is 65.2 Å². The Bertz CT molecular complexity index is 301. The van der Waals surface area contributed by atoms with Gasteiger partial charge >= 0.3 is 6.03 Å².